The van der Waals surface area contributed by atoms with Crippen LogP contribution in [0.25, 0.3) is 0 Å². The van der Waals surface area contributed by atoms with Crippen molar-refractivity contribution in [3.8, 4) is 0 Å². The van der Waals surface area contributed by atoms with Gasteiger partial charge in [-0.1, -0.05) is 22.9 Å². The second kappa shape index (κ2) is 6.24. The molecule has 1 rings (SSSR count). The van der Waals surface area contributed by atoms with Crippen LogP contribution in [0.4, 0.5) is 4.79 Å². The Balaban J connectivity index is 2.19. The van der Waals surface area contributed by atoms with Crippen LogP contribution in [0, 0.1) is 5.92 Å². The fourth-order valence-corrected chi connectivity index (χ4v) is 1.28. The molecule has 0 saturated carbocycles. The lowest BCUT2D eigenvalue weighted by molar-refractivity contribution is 0.0244. The molecule has 0 aromatic rings. The van der Waals surface area contributed by atoms with Gasteiger partial charge in [0.15, 0.2) is 0 Å². The van der Waals surface area contributed by atoms with Gasteiger partial charge in [-0.25, -0.2) is 4.79 Å². The van der Waals surface area contributed by atoms with Crippen LogP contribution in [0.15, 0.2) is 0 Å². The van der Waals surface area contributed by atoms with Crippen LogP contribution in [0.3, 0.4) is 0 Å². The van der Waals surface area contributed by atoms with E-state index >= 15 is 0 Å². The number of nitrogens with zero attached hydrogens (tertiary/aromatic N) is 1. The van der Waals surface area contributed by atoms with Gasteiger partial charge in [-0.15, -0.1) is 0 Å². The zero-order valence-electron chi connectivity index (χ0n) is 8.37. The normalized spacial score (nSPS) is 19.1. The lowest BCUT2D eigenvalue weighted by Crippen LogP contribution is -2.41. The van der Waals surface area contributed by atoms with Crippen LogP contribution < -0.4 is 0 Å². The van der Waals surface area contributed by atoms with Gasteiger partial charge in [-0.2, -0.15) is 0 Å². The Hall–Kier alpha value is -0.290. The summed E-state index contributed by atoms with van der Waals surface area (Å²) in [6.07, 6.45) is -0.221. The maximum atomic E-state index is 11.5. The molecule has 1 unspecified atom stereocenters. The van der Waals surface area contributed by atoms with Crippen LogP contribution in [0.2, 0.25) is 0 Å². The summed E-state index contributed by atoms with van der Waals surface area (Å²) in [5, 5.41) is 0.851. The van der Waals surface area contributed by atoms with Crippen LogP contribution >= 0.6 is 15.9 Å². The van der Waals surface area contributed by atoms with E-state index in [1.54, 1.807) is 4.90 Å². The number of rotatable bonds is 3. The Morgan fingerprint density at radius 2 is 2.21 bits per heavy atom. The maximum absolute atomic E-state index is 11.5. The first kappa shape index (κ1) is 11.8. The van der Waals surface area contributed by atoms with Gasteiger partial charge in [0.1, 0.15) is 0 Å². The summed E-state index contributed by atoms with van der Waals surface area (Å²) >= 11 is 3.34. The van der Waals surface area contributed by atoms with E-state index in [1.165, 1.54) is 0 Å². The van der Waals surface area contributed by atoms with Crippen LogP contribution in [-0.2, 0) is 9.47 Å². The van der Waals surface area contributed by atoms with E-state index < -0.39 is 0 Å². The van der Waals surface area contributed by atoms with Gasteiger partial charge in [0.25, 0.3) is 0 Å². The Morgan fingerprint density at radius 1 is 1.57 bits per heavy atom. The summed E-state index contributed by atoms with van der Waals surface area (Å²) in [5.41, 5.74) is 0. The SMILES string of the molecule is CC(CBr)COC(=O)N1CCOCC1. The third kappa shape index (κ3) is 3.84. The highest BCUT2D eigenvalue weighted by Gasteiger charge is 2.18. The van der Waals surface area contributed by atoms with Gasteiger partial charge in [-0.05, 0) is 0 Å². The molecule has 1 saturated heterocycles. The maximum Gasteiger partial charge on any atom is 0.409 e. The number of halogens is 1. The summed E-state index contributed by atoms with van der Waals surface area (Å²) in [6, 6.07) is 0. The number of ether oxygens (including phenoxy) is 2. The Bertz CT molecular complexity index is 183. The zero-order valence-corrected chi connectivity index (χ0v) is 9.96. The van der Waals surface area contributed by atoms with Crippen molar-refractivity contribution in [1.29, 1.82) is 0 Å². The molecule has 4 nitrogen and oxygen atoms in total. The number of carbonyl (C=O) groups is 1. The van der Waals surface area contributed by atoms with E-state index in [0.29, 0.717) is 38.8 Å². The highest BCUT2D eigenvalue weighted by atomic mass is 79.9. The molecule has 1 heterocycles. The highest BCUT2D eigenvalue weighted by Crippen LogP contribution is 2.04. The predicted molar refractivity (Wildman–Crippen MR) is 56.7 cm³/mol. The van der Waals surface area contributed by atoms with Crippen molar-refractivity contribution in [3.63, 3.8) is 0 Å². The van der Waals surface area contributed by atoms with Gasteiger partial charge < -0.3 is 14.4 Å². The van der Waals surface area contributed by atoms with E-state index in [4.69, 9.17) is 9.47 Å². The van der Waals surface area contributed by atoms with E-state index in [-0.39, 0.29) is 6.09 Å². The smallest absolute Gasteiger partial charge is 0.409 e. The molecular formula is C9H16BrNO3. The summed E-state index contributed by atoms with van der Waals surface area (Å²) in [7, 11) is 0. The Kier molecular flexibility index (Phi) is 5.25. The van der Waals surface area contributed by atoms with Gasteiger partial charge in [-0.3, -0.25) is 0 Å². The van der Waals surface area contributed by atoms with E-state index in [9.17, 15) is 4.79 Å². The number of hydrogen-bond donors (Lipinski definition) is 0. The molecule has 14 heavy (non-hydrogen) atoms. The molecule has 5 heteroatoms. The monoisotopic (exact) mass is 265 g/mol. The fraction of sp³-hybridized carbons (Fsp3) is 0.889. The average molecular weight is 266 g/mol. The number of amides is 1. The average Bonchev–Trinajstić information content (AvgIpc) is 2.26. The number of hydrogen-bond acceptors (Lipinski definition) is 3. The van der Waals surface area contributed by atoms with Crippen molar-refractivity contribution in [1.82, 2.24) is 4.90 Å². The van der Waals surface area contributed by atoms with Crippen molar-refractivity contribution >= 4 is 22.0 Å². The molecule has 82 valence electrons. The summed E-state index contributed by atoms with van der Waals surface area (Å²) in [6.45, 7) is 5.01. The fourth-order valence-electron chi connectivity index (χ4n) is 1.10. The molecule has 0 bridgehead atoms. The first-order valence-corrected chi connectivity index (χ1v) is 5.91. The summed E-state index contributed by atoms with van der Waals surface area (Å²) in [4.78, 5) is 13.1. The molecule has 0 aromatic heterocycles. The van der Waals surface area contributed by atoms with Gasteiger partial charge in [0.2, 0.25) is 0 Å². The van der Waals surface area contributed by atoms with Crippen molar-refractivity contribution in [2.75, 3.05) is 38.2 Å². The lowest BCUT2D eigenvalue weighted by atomic mass is 10.2. The van der Waals surface area contributed by atoms with E-state index in [0.717, 1.165) is 5.33 Å². The zero-order chi connectivity index (χ0) is 10.4. The Labute approximate surface area is 92.7 Å². The van der Waals surface area contributed by atoms with Gasteiger partial charge in [0.05, 0.1) is 19.8 Å². The van der Waals surface area contributed by atoms with Crippen LogP contribution in [-0.4, -0.2) is 49.2 Å². The standard InChI is InChI=1S/C9H16BrNO3/c1-8(6-10)7-14-9(12)11-2-4-13-5-3-11/h8H,2-7H2,1H3. The molecule has 0 aromatic carbocycles. The minimum atomic E-state index is -0.221. The molecule has 1 aliphatic rings. The van der Waals surface area contributed by atoms with Gasteiger partial charge >= 0.3 is 6.09 Å². The van der Waals surface area contributed by atoms with Gasteiger partial charge in [0, 0.05) is 24.3 Å². The number of carbonyl (C=O) groups excluding carboxylic acids is 1. The predicted octanol–water partition coefficient (Wildman–Crippen LogP) is 1.49. The van der Waals surface area contributed by atoms with Crippen molar-refractivity contribution in [3.05, 3.63) is 0 Å². The summed E-state index contributed by atoms with van der Waals surface area (Å²) < 4.78 is 10.3. The molecule has 0 spiro atoms. The highest BCUT2D eigenvalue weighted by molar-refractivity contribution is 9.09. The van der Waals surface area contributed by atoms with Crippen molar-refractivity contribution < 1.29 is 14.3 Å². The van der Waals surface area contributed by atoms with E-state index in [1.807, 2.05) is 6.92 Å². The molecular weight excluding hydrogens is 250 g/mol. The molecule has 1 amide bonds. The largest absolute Gasteiger partial charge is 0.449 e. The third-order valence-electron chi connectivity index (χ3n) is 2.02. The molecule has 1 aliphatic heterocycles. The first-order valence-electron chi connectivity index (χ1n) is 4.79. The molecule has 1 fully saturated rings. The topological polar surface area (TPSA) is 38.8 Å². The van der Waals surface area contributed by atoms with Crippen LogP contribution in [0.1, 0.15) is 6.92 Å². The first-order chi connectivity index (χ1) is 6.74. The molecule has 0 aliphatic carbocycles. The quantitative estimate of drug-likeness (QED) is 0.726. The minimum Gasteiger partial charge on any atom is -0.449 e. The molecule has 1 atom stereocenters. The van der Waals surface area contributed by atoms with Crippen LogP contribution in [0.5, 0.6) is 0 Å². The minimum absolute atomic E-state index is 0.221. The number of morpholine rings is 1. The van der Waals surface area contributed by atoms with Crippen molar-refractivity contribution in [2.24, 2.45) is 5.92 Å². The molecule has 0 N–H and O–H groups in total. The second-order valence-electron chi connectivity index (χ2n) is 3.44. The van der Waals surface area contributed by atoms with Crippen molar-refractivity contribution in [2.45, 2.75) is 6.92 Å². The Morgan fingerprint density at radius 3 is 2.79 bits per heavy atom. The second-order valence-corrected chi connectivity index (χ2v) is 4.08. The lowest BCUT2D eigenvalue weighted by Gasteiger charge is -2.26. The van der Waals surface area contributed by atoms with E-state index in [2.05, 4.69) is 15.9 Å². The third-order valence-corrected chi connectivity index (χ3v) is 3.13. The number of alkyl halides is 1. The molecule has 0 radical (unpaired) electrons. The summed E-state index contributed by atoms with van der Waals surface area (Å²) in [5.74, 6) is 0.361.